The first-order valence-electron chi connectivity index (χ1n) is 5.83. The van der Waals surface area contributed by atoms with Crippen molar-refractivity contribution in [1.82, 2.24) is 4.90 Å². The van der Waals surface area contributed by atoms with E-state index in [1.165, 1.54) is 24.6 Å². The zero-order chi connectivity index (χ0) is 12.4. The van der Waals surface area contributed by atoms with Crippen LogP contribution in [0.2, 0.25) is 0 Å². The maximum absolute atomic E-state index is 11.9. The van der Waals surface area contributed by atoms with E-state index in [0.29, 0.717) is 12.6 Å². The fourth-order valence-electron chi connectivity index (χ4n) is 2.02. The van der Waals surface area contributed by atoms with Gasteiger partial charge in [0, 0.05) is 12.1 Å². The molecule has 0 spiro atoms. The van der Waals surface area contributed by atoms with Gasteiger partial charge in [0.1, 0.15) is 11.5 Å². The van der Waals surface area contributed by atoms with Crippen molar-refractivity contribution in [2.75, 3.05) is 13.6 Å². The Morgan fingerprint density at radius 2 is 2.12 bits per heavy atom. The number of phenolic OH excluding ortho intramolecular Hbond substituents is 2. The van der Waals surface area contributed by atoms with Crippen LogP contribution in [-0.2, 0) is 0 Å². The van der Waals surface area contributed by atoms with Crippen LogP contribution in [0.15, 0.2) is 18.2 Å². The molecule has 1 aromatic carbocycles. The molecule has 0 radical (unpaired) electrons. The van der Waals surface area contributed by atoms with Crippen LogP contribution in [0, 0.1) is 0 Å². The second-order valence-corrected chi connectivity index (χ2v) is 4.62. The van der Waals surface area contributed by atoms with E-state index < -0.39 is 0 Å². The van der Waals surface area contributed by atoms with Crippen molar-refractivity contribution in [3.8, 4) is 11.5 Å². The molecule has 0 amide bonds. The third kappa shape index (κ3) is 2.58. The molecule has 0 unspecified atom stereocenters. The second-order valence-electron chi connectivity index (χ2n) is 4.62. The van der Waals surface area contributed by atoms with Gasteiger partial charge in [0.2, 0.25) is 0 Å². The fraction of sp³-hybridized carbons (Fsp3) is 0.462. The largest absolute Gasteiger partial charge is 0.508 e. The normalized spacial score (nSPS) is 15.9. The molecular formula is C13H17NO3. The Kier molecular flexibility index (Phi) is 3.33. The Morgan fingerprint density at radius 1 is 1.41 bits per heavy atom. The van der Waals surface area contributed by atoms with Crippen LogP contribution >= 0.6 is 0 Å². The van der Waals surface area contributed by atoms with Gasteiger partial charge in [-0.1, -0.05) is 6.42 Å². The van der Waals surface area contributed by atoms with Gasteiger partial charge in [-0.2, -0.15) is 0 Å². The molecule has 0 bridgehead atoms. The van der Waals surface area contributed by atoms with Gasteiger partial charge in [-0.15, -0.1) is 0 Å². The zero-order valence-corrected chi connectivity index (χ0v) is 9.89. The summed E-state index contributed by atoms with van der Waals surface area (Å²) in [5.74, 6) is -0.305. The molecule has 92 valence electrons. The van der Waals surface area contributed by atoms with Crippen molar-refractivity contribution < 1.29 is 15.0 Å². The summed E-state index contributed by atoms with van der Waals surface area (Å²) >= 11 is 0. The molecule has 4 nitrogen and oxygen atoms in total. The van der Waals surface area contributed by atoms with Crippen molar-refractivity contribution in [1.29, 1.82) is 0 Å². The number of likely N-dealkylation sites (N-methyl/N-ethyl adjacent to an activating group) is 1. The van der Waals surface area contributed by atoms with Crippen LogP contribution in [0.4, 0.5) is 0 Å². The molecule has 17 heavy (non-hydrogen) atoms. The number of aromatic hydroxyl groups is 2. The van der Waals surface area contributed by atoms with Crippen LogP contribution in [0.25, 0.3) is 0 Å². The maximum atomic E-state index is 11.9. The minimum absolute atomic E-state index is 0.0357. The number of phenols is 2. The molecule has 0 saturated heterocycles. The Balaban J connectivity index is 2.03. The Morgan fingerprint density at radius 3 is 2.65 bits per heavy atom. The average Bonchev–Trinajstić information content (AvgIpc) is 2.13. The monoisotopic (exact) mass is 235 g/mol. The first kappa shape index (κ1) is 11.9. The van der Waals surface area contributed by atoms with E-state index in [9.17, 15) is 9.90 Å². The van der Waals surface area contributed by atoms with Gasteiger partial charge in [-0.3, -0.25) is 9.69 Å². The third-order valence-electron chi connectivity index (χ3n) is 3.37. The van der Waals surface area contributed by atoms with Crippen LogP contribution < -0.4 is 0 Å². The summed E-state index contributed by atoms with van der Waals surface area (Å²) in [6.45, 7) is 0.309. The molecule has 2 rings (SSSR count). The van der Waals surface area contributed by atoms with Gasteiger partial charge < -0.3 is 10.2 Å². The van der Waals surface area contributed by atoms with Crippen LogP contribution in [0.5, 0.6) is 11.5 Å². The summed E-state index contributed by atoms with van der Waals surface area (Å²) in [5, 5.41) is 18.7. The number of nitrogens with zero attached hydrogens (tertiary/aromatic N) is 1. The predicted molar refractivity (Wildman–Crippen MR) is 64.4 cm³/mol. The van der Waals surface area contributed by atoms with E-state index in [-0.39, 0.29) is 22.8 Å². The number of Topliss-reactive ketones (excluding diaryl/α,β-unsaturated/α-hetero) is 1. The van der Waals surface area contributed by atoms with Crippen molar-refractivity contribution in [3.05, 3.63) is 23.8 Å². The molecule has 4 heteroatoms. The SMILES string of the molecule is CN(CC(=O)c1ccc(O)cc1O)C1CCC1. The molecule has 1 aliphatic rings. The standard InChI is InChI=1S/C13H17NO3/c1-14(9-3-2-4-9)8-13(17)11-6-5-10(15)7-12(11)16/h5-7,9,15-16H,2-4,8H2,1H3. The van der Waals surface area contributed by atoms with Crippen LogP contribution in [-0.4, -0.2) is 40.5 Å². The zero-order valence-electron chi connectivity index (χ0n) is 9.89. The van der Waals surface area contributed by atoms with Crippen molar-refractivity contribution >= 4 is 5.78 Å². The summed E-state index contributed by atoms with van der Waals surface area (Å²) in [5.41, 5.74) is 0.272. The summed E-state index contributed by atoms with van der Waals surface area (Å²) < 4.78 is 0. The average molecular weight is 235 g/mol. The lowest BCUT2D eigenvalue weighted by atomic mass is 9.91. The molecule has 1 fully saturated rings. The summed E-state index contributed by atoms with van der Waals surface area (Å²) in [4.78, 5) is 14.0. The Hall–Kier alpha value is -1.55. The van der Waals surface area contributed by atoms with E-state index in [1.807, 2.05) is 11.9 Å². The number of carbonyl (C=O) groups excluding carboxylic acids is 1. The van der Waals surface area contributed by atoms with E-state index in [1.54, 1.807) is 0 Å². The number of rotatable bonds is 4. The number of benzene rings is 1. The lowest BCUT2D eigenvalue weighted by Gasteiger charge is -2.34. The number of carbonyl (C=O) groups is 1. The molecule has 2 N–H and O–H groups in total. The minimum atomic E-state index is -0.156. The molecule has 0 atom stereocenters. The van der Waals surface area contributed by atoms with Gasteiger partial charge in [0.25, 0.3) is 0 Å². The Labute approximate surface area is 100 Å². The highest BCUT2D eigenvalue weighted by Crippen LogP contribution is 2.26. The highest BCUT2D eigenvalue weighted by Gasteiger charge is 2.24. The quantitative estimate of drug-likeness (QED) is 0.781. The van der Waals surface area contributed by atoms with Gasteiger partial charge in [-0.05, 0) is 32.0 Å². The minimum Gasteiger partial charge on any atom is -0.508 e. The molecule has 1 aromatic rings. The summed E-state index contributed by atoms with van der Waals surface area (Å²) in [7, 11) is 1.93. The molecule has 0 aliphatic heterocycles. The van der Waals surface area contributed by atoms with Gasteiger partial charge in [0.15, 0.2) is 5.78 Å². The van der Waals surface area contributed by atoms with Gasteiger partial charge in [-0.25, -0.2) is 0 Å². The van der Waals surface area contributed by atoms with Crippen LogP contribution in [0.3, 0.4) is 0 Å². The van der Waals surface area contributed by atoms with Crippen molar-refractivity contribution in [2.24, 2.45) is 0 Å². The van der Waals surface area contributed by atoms with E-state index in [4.69, 9.17) is 5.11 Å². The maximum Gasteiger partial charge on any atom is 0.180 e. The molecule has 1 aliphatic carbocycles. The van der Waals surface area contributed by atoms with E-state index in [2.05, 4.69) is 0 Å². The van der Waals surface area contributed by atoms with Crippen LogP contribution in [0.1, 0.15) is 29.6 Å². The van der Waals surface area contributed by atoms with Gasteiger partial charge >= 0.3 is 0 Å². The third-order valence-corrected chi connectivity index (χ3v) is 3.37. The van der Waals surface area contributed by atoms with Gasteiger partial charge in [0.05, 0.1) is 12.1 Å². The summed E-state index contributed by atoms with van der Waals surface area (Å²) in [6, 6.07) is 4.56. The predicted octanol–water partition coefficient (Wildman–Crippen LogP) is 1.76. The lowest BCUT2D eigenvalue weighted by Crippen LogP contribution is -2.40. The first-order valence-corrected chi connectivity index (χ1v) is 5.83. The second kappa shape index (κ2) is 4.75. The first-order chi connectivity index (χ1) is 8.08. The number of hydrogen-bond acceptors (Lipinski definition) is 4. The number of hydrogen-bond donors (Lipinski definition) is 2. The fourth-order valence-corrected chi connectivity index (χ4v) is 2.02. The van der Waals surface area contributed by atoms with E-state index in [0.717, 1.165) is 12.8 Å². The highest BCUT2D eigenvalue weighted by atomic mass is 16.3. The van der Waals surface area contributed by atoms with E-state index >= 15 is 0 Å². The lowest BCUT2D eigenvalue weighted by molar-refractivity contribution is 0.0868. The summed E-state index contributed by atoms with van der Waals surface area (Å²) in [6.07, 6.45) is 3.52. The topological polar surface area (TPSA) is 60.8 Å². The number of ketones is 1. The Bertz CT molecular complexity index is 427. The molecule has 1 saturated carbocycles. The molecular weight excluding hydrogens is 218 g/mol. The van der Waals surface area contributed by atoms with Crippen molar-refractivity contribution in [2.45, 2.75) is 25.3 Å². The highest BCUT2D eigenvalue weighted by molar-refractivity contribution is 6.00. The molecule has 0 heterocycles. The molecule has 0 aromatic heterocycles. The van der Waals surface area contributed by atoms with Crippen molar-refractivity contribution in [3.63, 3.8) is 0 Å². The smallest absolute Gasteiger partial charge is 0.180 e.